The number of hydrogen-bond acceptors (Lipinski definition) is 1. The molecule has 1 atom stereocenters. The zero-order valence-corrected chi connectivity index (χ0v) is 10.5. The fourth-order valence-electron chi connectivity index (χ4n) is 1.81. The van der Waals surface area contributed by atoms with Crippen molar-refractivity contribution in [2.45, 2.75) is 77.2 Å². The summed E-state index contributed by atoms with van der Waals surface area (Å²) in [5.74, 6) is 0. The van der Waals surface area contributed by atoms with Crippen molar-refractivity contribution in [1.29, 1.82) is 0 Å². The van der Waals surface area contributed by atoms with E-state index in [-0.39, 0.29) is 6.04 Å². The van der Waals surface area contributed by atoms with Crippen LogP contribution in [-0.2, 0) is 0 Å². The van der Waals surface area contributed by atoms with Crippen molar-refractivity contribution in [2.24, 2.45) is 5.73 Å². The second-order valence-electron chi connectivity index (χ2n) is 4.52. The van der Waals surface area contributed by atoms with E-state index in [0.29, 0.717) is 0 Å². The van der Waals surface area contributed by atoms with Crippen LogP contribution < -0.4 is 5.73 Å². The molecule has 0 aliphatic rings. The largest absolute Gasteiger partial charge is 0.324 e. The topological polar surface area (TPSA) is 26.0 Å². The summed E-state index contributed by atoms with van der Waals surface area (Å²) in [7, 11) is 0. The van der Waals surface area contributed by atoms with Gasteiger partial charge in [0.2, 0.25) is 0 Å². The molecule has 0 rings (SSSR count). The van der Waals surface area contributed by atoms with Gasteiger partial charge in [0.15, 0.2) is 0 Å². The highest BCUT2D eigenvalue weighted by molar-refractivity contribution is 4.81. The van der Waals surface area contributed by atoms with E-state index in [1.807, 2.05) is 6.08 Å². The SMILES string of the molecule is C=CC(N)CCCCCCCCCCC. The van der Waals surface area contributed by atoms with Crippen molar-refractivity contribution < 1.29 is 0 Å². The normalized spacial score (nSPS) is 12.7. The number of nitrogens with two attached hydrogens (primary N) is 1. The van der Waals surface area contributed by atoms with E-state index in [1.54, 1.807) is 0 Å². The first-order valence-corrected chi connectivity index (χ1v) is 6.69. The van der Waals surface area contributed by atoms with Gasteiger partial charge in [-0.2, -0.15) is 0 Å². The molecule has 15 heavy (non-hydrogen) atoms. The Morgan fingerprint density at radius 1 is 0.933 bits per heavy atom. The average Bonchev–Trinajstić information content (AvgIpc) is 2.26. The maximum atomic E-state index is 5.75. The van der Waals surface area contributed by atoms with Crippen LogP contribution in [0, 0.1) is 0 Å². The molecule has 0 saturated carbocycles. The summed E-state index contributed by atoms with van der Waals surface area (Å²) in [6.45, 7) is 5.96. The molecule has 0 bridgehead atoms. The summed E-state index contributed by atoms with van der Waals surface area (Å²) < 4.78 is 0. The standard InChI is InChI=1S/C14H29N/c1-3-5-6-7-8-9-10-11-12-13-14(15)4-2/h4,14H,2-3,5-13,15H2,1H3. The van der Waals surface area contributed by atoms with E-state index >= 15 is 0 Å². The Morgan fingerprint density at radius 3 is 1.87 bits per heavy atom. The van der Waals surface area contributed by atoms with Crippen LogP contribution in [0.3, 0.4) is 0 Å². The molecule has 0 aliphatic carbocycles. The van der Waals surface area contributed by atoms with Gasteiger partial charge in [-0.3, -0.25) is 0 Å². The third-order valence-corrected chi connectivity index (χ3v) is 2.94. The van der Waals surface area contributed by atoms with Crippen molar-refractivity contribution >= 4 is 0 Å². The minimum absolute atomic E-state index is 0.217. The molecule has 0 fully saturated rings. The minimum Gasteiger partial charge on any atom is -0.324 e. The summed E-state index contributed by atoms with van der Waals surface area (Å²) in [4.78, 5) is 0. The average molecular weight is 211 g/mol. The summed E-state index contributed by atoms with van der Waals surface area (Å²) in [5, 5.41) is 0. The fraction of sp³-hybridized carbons (Fsp3) is 0.857. The van der Waals surface area contributed by atoms with Gasteiger partial charge in [0.1, 0.15) is 0 Å². The summed E-state index contributed by atoms with van der Waals surface area (Å²) in [6, 6.07) is 0.217. The Balaban J connectivity index is 2.95. The molecule has 0 amide bonds. The van der Waals surface area contributed by atoms with Crippen LogP contribution in [0.5, 0.6) is 0 Å². The van der Waals surface area contributed by atoms with Gasteiger partial charge < -0.3 is 5.73 Å². The Kier molecular flexibility index (Phi) is 11.5. The molecule has 0 radical (unpaired) electrons. The highest BCUT2D eigenvalue weighted by Crippen LogP contribution is 2.10. The van der Waals surface area contributed by atoms with Gasteiger partial charge in [0.25, 0.3) is 0 Å². The van der Waals surface area contributed by atoms with E-state index < -0.39 is 0 Å². The molecule has 1 nitrogen and oxygen atoms in total. The van der Waals surface area contributed by atoms with Crippen LogP contribution in [0.2, 0.25) is 0 Å². The molecule has 0 heterocycles. The Hall–Kier alpha value is -0.300. The Labute approximate surface area is 96.1 Å². The molecule has 0 aromatic rings. The van der Waals surface area contributed by atoms with Gasteiger partial charge in [-0.05, 0) is 6.42 Å². The second kappa shape index (κ2) is 11.8. The number of hydrogen-bond donors (Lipinski definition) is 1. The lowest BCUT2D eigenvalue weighted by atomic mass is 10.0. The molecular formula is C14H29N. The van der Waals surface area contributed by atoms with Crippen molar-refractivity contribution in [2.75, 3.05) is 0 Å². The van der Waals surface area contributed by atoms with Crippen LogP contribution in [0.1, 0.15) is 71.1 Å². The Morgan fingerprint density at radius 2 is 1.40 bits per heavy atom. The summed E-state index contributed by atoms with van der Waals surface area (Å²) >= 11 is 0. The third-order valence-electron chi connectivity index (χ3n) is 2.94. The van der Waals surface area contributed by atoms with E-state index in [9.17, 15) is 0 Å². The highest BCUT2D eigenvalue weighted by atomic mass is 14.6. The monoisotopic (exact) mass is 211 g/mol. The van der Waals surface area contributed by atoms with Gasteiger partial charge in [0, 0.05) is 6.04 Å². The van der Waals surface area contributed by atoms with Crippen LogP contribution in [0.15, 0.2) is 12.7 Å². The molecule has 1 heteroatoms. The molecule has 90 valence electrons. The van der Waals surface area contributed by atoms with Crippen LogP contribution in [0.25, 0.3) is 0 Å². The quantitative estimate of drug-likeness (QED) is 0.397. The van der Waals surface area contributed by atoms with Crippen molar-refractivity contribution in [3.8, 4) is 0 Å². The van der Waals surface area contributed by atoms with E-state index in [0.717, 1.165) is 6.42 Å². The van der Waals surface area contributed by atoms with E-state index in [2.05, 4.69) is 13.5 Å². The predicted molar refractivity (Wildman–Crippen MR) is 70.0 cm³/mol. The first-order chi connectivity index (χ1) is 7.31. The third kappa shape index (κ3) is 11.6. The molecule has 0 aliphatic heterocycles. The Bertz CT molecular complexity index is 131. The zero-order chi connectivity index (χ0) is 11.4. The predicted octanol–water partition coefficient (Wildman–Crippen LogP) is 4.42. The lowest BCUT2D eigenvalue weighted by Crippen LogP contribution is -2.15. The zero-order valence-electron chi connectivity index (χ0n) is 10.5. The van der Waals surface area contributed by atoms with E-state index in [4.69, 9.17) is 5.73 Å². The number of unbranched alkanes of at least 4 members (excludes halogenated alkanes) is 8. The van der Waals surface area contributed by atoms with Crippen molar-refractivity contribution in [1.82, 2.24) is 0 Å². The maximum absolute atomic E-state index is 5.75. The maximum Gasteiger partial charge on any atom is 0.0221 e. The molecule has 0 aromatic carbocycles. The minimum atomic E-state index is 0.217. The summed E-state index contributed by atoms with van der Waals surface area (Å²) in [5.41, 5.74) is 5.75. The summed E-state index contributed by atoms with van der Waals surface area (Å²) in [6.07, 6.45) is 15.4. The molecule has 1 unspecified atom stereocenters. The highest BCUT2D eigenvalue weighted by Gasteiger charge is 1.96. The molecule has 0 saturated heterocycles. The van der Waals surface area contributed by atoms with Crippen molar-refractivity contribution in [3.63, 3.8) is 0 Å². The smallest absolute Gasteiger partial charge is 0.0221 e. The van der Waals surface area contributed by atoms with Crippen LogP contribution in [-0.4, -0.2) is 6.04 Å². The lowest BCUT2D eigenvalue weighted by Gasteiger charge is -2.05. The molecule has 0 spiro atoms. The molecule has 0 aromatic heterocycles. The number of rotatable bonds is 11. The molecule has 2 N–H and O–H groups in total. The van der Waals surface area contributed by atoms with Gasteiger partial charge >= 0.3 is 0 Å². The van der Waals surface area contributed by atoms with Crippen LogP contribution in [0.4, 0.5) is 0 Å². The molecular weight excluding hydrogens is 182 g/mol. The lowest BCUT2D eigenvalue weighted by molar-refractivity contribution is 0.547. The van der Waals surface area contributed by atoms with Gasteiger partial charge in [-0.25, -0.2) is 0 Å². The van der Waals surface area contributed by atoms with E-state index in [1.165, 1.54) is 57.8 Å². The first-order valence-electron chi connectivity index (χ1n) is 6.69. The fourth-order valence-corrected chi connectivity index (χ4v) is 1.81. The van der Waals surface area contributed by atoms with Crippen LogP contribution >= 0.6 is 0 Å². The van der Waals surface area contributed by atoms with Gasteiger partial charge in [-0.15, -0.1) is 6.58 Å². The first kappa shape index (κ1) is 14.7. The van der Waals surface area contributed by atoms with Crippen molar-refractivity contribution in [3.05, 3.63) is 12.7 Å². The van der Waals surface area contributed by atoms with Gasteiger partial charge in [-0.1, -0.05) is 70.8 Å². The van der Waals surface area contributed by atoms with Gasteiger partial charge in [0.05, 0.1) is 0 Å². The second-order valence-corrected chi connectivity index (χ2v) is 4.52.